The zero-order chi connectivity index (χ0) is 29.7. The van der Waals surface area contributed by atoms with Crippen LogP contribution in [0.25, 0.3) is 0 Å². The SMILES string of the molecule is CN(C)P1(=O)[C@@H](c2ccccc2)C=C[C@H]1c1ccccc1.CN(C)P1(=O)[C@@H](c2ccccc2)CC[C@H]1c1ccccc1. The highest BCUT2D eigenvalue weighted by molar-refractivity contribution is 7.63. The molecule has 0 spiro atoms. The van der Waals surface area contributed by atoms with Crippen molar-refractivity contribution in [2.75, 3.05) is 28.2 Å². The average molecular weight is 597 g/mol. The predicted octanol–water partition coefficient (Wildman–Crippen LogP) is 9.98. The molecule has 4 aromatic carbocycles. The number of allylic oxidation sites excluding steroid dienone is 2. The second-order valence-electron chi connectivity index (χ2n) is 11.6. The van der Waals surface area contributed by atoms with Crippen molar-refractivity contribution in [3.8, 4) is 0 Å². The first-order valence-electron chi connectivity index (χ1n) is 14.7. The number of rotatable bonds is 6. The number of hydrogen-bond donors (Lipinski definition) is 0. The first-order valence-corrected chi connectivity index (χ1v) is 18.3. The van der Waals surface area contributed by atoms with Crippen LogP contribution in [0.15, 0.2) is 133 Å². The van der Waals surface area contributed by atoms with Crippen molar-refractivity contribution < 1.29 is 9.13 Å². The maximum absolute atomic E-state index is 13.9. The summed E-state index contributed by atoms with van der Waals surface area (Å²) in [5.41, 5.74) is 4.94. The van der Waals surface area contributed by atoms with E-state index in [2.05, 4.69) is 60.7 Å². The smallest absolute Gasteiger partial charge is 0.171 e. The molecule has 2 unspecified atom stereocenters. The summed E-state index contributed by atoms with van der Waals surface area (Å²) in [5.74, 6) is 0. The van der Waals surface area contributed by atoms with Gasteiger partial charge in [0.1, 0.15) is 0 Å². The van der Waals surface area contributed by atoms with Gasteiger partial charge in [-0.3, -0.25) is 9.34 Å². The van der Waals surface area contributed by atoms with Crippen molar-refractivity contribution in [2.24, 2.45) is 0 Å². The van der Waals surface area contributed by atoms with Crippen LogP contribution in [0.4, 0.5) is 0 Å². The predicted molar refractivity (Wildman–Crippen MR) is 178 cm³/mol. The van der Waals surface area contributed by atoms with E-state index in [0.29, 0.717) is 0 Å². The topological polar surface area (TPSA) is 40.6 Å². The highest BCUT2D eigenvalue weighted by atomic mass is 31.2. The molecule has 0 N–H and O–H groups in total. The van der Waals surface area contributed by atoms with E-state index in [1.165, 1.54) is 11.1 Å². The number of nitrogens with zero attached hydrogens (tertiary/aromatic N) is 2. The molecule has 4 nitrogen and oxygen atoms in total. The van der Waals surface area contributed by atoms with Crippen molar-refractivity contribution >= 4 is 14.6 Å². The summed E-state index contributed by atoms with van der Waals surface area (Å²) in [6, 6.07) is 41.0. The molecule has 0 aromatic heterocycles. The van der Waals surface area contributed by atoms with Crippen LogP contribution in [-0.4, -0.2) is 37.5 Å². The molecule has 6 atom stereocenters. The molecule has 1 saturated heterocycles. The highest BCUT2D eigenvalue weighted by Crippen LogP contribution is 2.77. The Balaban J connectivity index is 0.000000168. The van der Waals surface area contributed by atoms with E-state index in [-0.39, 0.29) is 22.6 Å². The second kappa shape index (κ2) is 13.1. The Labute approximate surface area is 251 Å². The zero-order valence-corrected chi connectivity index (χ0v) is 26.8. The summed E-state index contributed by atoms with van der Waals surface area (Å²) in [6.45, 7) is 0. The summed E-state index contributed by atoms with van der Waals surface area (Å²) < 4.78 is 31.7. The Morgan fingerprint density at radius 1 is 0.452 bits per heavy atom. The molecule has 0 aliphatic carbocycles. The third kappa shape index (κ3) is 5.79. The van der Waals surface area contributed by atoms with Gasteiger partial charge >= 0.3 is 0 Å². The normalized spacial score (nSPS) is 28.5. The molecule has 4 aromatic rings. The van der Waals surface area contributed by atoms with Gasteiger partial charge in [0, 0.05) is 0 Å². The Morgan fingerprint density at radius 2 is 0.738 bits per heavy atom. The van der Waals surface area contributed by atoms with Gasteiger partial charge in [-0.2, -0.15) is 0 Å². The van der Waals surface area contributed by atoms with Crippen LogP contribution in [0, 0.1) is 0 Å². The van der Waals surface area contributed by atoms with Crippen molar-refractivity contribution in [3.05, 3.63) is 156 Å². The summed E-state index contributed by atoms with van der Waals surface area (Å²) >= 11 is 0. The molecule has 0 saturated carbocycles. The van der Waals surface area contributed by atoms with Crippen molar-refractivity contribution in [1.29, 1.82) is 0 Å². The molecular weight excluding hydrogens is 554 g/mol. The average Bonchev–Trinajstić information content (AvgIpc) is 3.58. The molecule has 2 aliphatic heterocycles. The van der Waals surface area contributed by atoms with Gasteiger partial charge in [-0.15, -0.1) is 0 Å². The van der Waals surface area contributed by atoms with E-state index >= 15 is 0 Å². The van der Waals surface area contributed by atoms with Crippen LogP contribution in [0.2, 0.25) is 0 Å². The van der Waals surface area contributed by atoms with Crippen molar-refractivity contribution in [3.63, 3.8) is 0 Å². The number of hydrogen-bond acceptors (Lipinski definition) is 2. The van der Waals surface area contributed by atoms with Crippen LogP contribution in [0.5, 0.6) is 0 Å². The molecule has 0 bridgehead atoms. The Kier molecular flexibility index (Phi) is 9.50. The first kappa shape index (κ1) is 30.5. The monoisotopic (exact) mass is 596 g/mol. The summed E-state index contributed by atoms with van der Waals surface area (Å²) in [7, 11) is 2.74. The molecule has 218 valence electrons. The van der Waals surface area contributed by atoms with Crippen LogP contribution in [0.1, 0.15) is 57.7 Å². The van der Waals surface area contributed by atoms with E-state index in [1.54, 1.807) is 0 Å². The maximum atomic E-state index is 13.9. The number of benzene rings is 4. The molecular formula is C36H42N2O2P2. The molecule has 6 rings (SSSR count). The van der Waals surface area contributed by atoms with E-state index in [9.17, 15) is 9.13 Å². The van der Waals surface area contributed by atoms with Gasteiger partial charge in [-0.05, 0) is 63.3 Å². The lowest BCUT2D eigenvalue weighted by molar-refractivity contribution is 0.502. The summed E-state index contributed by atoms with van der Waals surface area (Å²) in [4.78, 5) is 0. The first-order chi connectivity index (χ1) is 20.3. The summed E-state index contributed by atoms with van der Waals surface area (Å²) in [6.07, 6.45) is 6.24. The van der Waals surface area contributed by atoms with Gasteiger partial charge < -0.3 is 9.13 Å². The molecule has 6 heteroatoms. The van der Waals surface area contributed by atoms with Gasteiger partial charge in [-0.1, -0.05) is 133 Å². The molecule has 0 amide bonds. The lowest BCUT2D eigenvalue weighted by atomic mass is 10.0. The largest absolute Gasteiger partial charge is 0.305 e. The van der Waals surface area contributed by atoms with E-state index in [4.69, 9.17) is 0 Å². The lowest BCUT2D eigenvalue weighted by Crippen LogP contribution is -2.15. The molecule has 2 aliphatic rings. The minimum Gasteiger partial charge on any atom is -0.305 e. The lowest BCUT2D eigenvalue weighted by Gasteiger charge is -2.32. The van der Waals surface area contributed by atoms with E-state index in [0.717, 1.165) is 24.0 Å². The van der Waals surface area contributed by atoms with Crippen LogP contribution < -0.4 is 0 Å². The maximum Gasteiger partial charge on any atom is 0.171 e. The zero-order valence-electron chi connectivity index (χ0n) is 25.0. The van der Waals surface area contributed by atoms with Gasteiger partial charge in [0.05, 0.1) is 22.6 Å². The Morgan fingerprint density at radius 3 is 1.02 bits per heavy atom. The van der Waals surface area contributed by atoms with Crippen LogP contribution in [0.3, 0.4) is 0 Å². The summed E-state index contributed by atoms with van der Waals surface area (Å²) in [5, 5.41) is 0. The minimum atomic E-state index is -2.58. The van der Waals surface area contributed by atoms with Crippen molar-refractivity contribution in [1.82, 2.24) is 9.34 Å². The Bertz CT molecular complexity index is 1440. The van der Waals surface area contributed by atoms with Gasteiger partial charge in [-0.25, -0.2) is 0 Å². The highest BCUT2D eigenvalue weighted by Gasteiger charge is 2.49. The van der Waals surface area contributed by atoms with Gasteiger partial charge in [0.15, 0.2) is 14.6 Å². The third-order valence-electron chi connectivity index (χ3n) is 8.78. The van der Waals surface area contributed by atoms with Gasteiger partial charge in [0.2, 0.25) is 0 Å². The van der Waals surface area contributed by atoms with Crippen LogP contribution >= 0.6 is 14.6 Å². The fourth-order valence-corrected chi connectivity index (χ4v) is 13.7. The van der Waals surface area contributed by atoms with E-state index in [1.807, 2.05) is 110 Å². The van der Waals surface area contributed by atoms with Crippen molar-refractivity contribution in [2.45, 2.75) is 35.5 Å². The third-order valence-corrected chi connectivity index (χ3v) is 16.7. The fourth-order valence-electron chi connectivity index (χ4n) is 6.65. The molecule has 1 fully saturated rings. The standard InChI is InChI=1S/C18H22NOP.C18H20NOP/c2*1-19(2)21(20)17(15-9-5-3-6-10-15)13-14-18(21)16-11-7-4-8-12-16/h3-12,17-18H,13-14H2,1-2H3;3-14,17-18H,1-2H3/t2*17-,18+,21?. The fraction of sp³-hybridized carbons (Fsp3) is 0.278. The molecule has 0 radical (unpaired) electrons. The minimum absolute atomic E-state index is 0.0288. The van der Waals surface area contributed by atoms with Crippen LogP contribution in [-0.2, 0) is 9.13 Å². The molecule has 2 heterocycles. The quantitative estimate of drug-likeness (QED) is 0.164. The molecule has 42 heavy (non-hydrogen) atoms. The van der Waals surface area contributed by atoms with E-state index < -0.39 is 14.6 Å². The second-order valence-corrected chi connectivity index (χ2v) is 18.2. The van der Waals surface area contributed by atoms with Gasteiger partial charge in [0.25, 0.3) is 0 Å². The Hall–Kier alpha value is -3.00.